The van der Waals surface area contributed by atoms with Crippen molar-refractivity contribution in [3.63, 3.8) is 0 Å². The van der Waals surface area contributed by atoms with Crippen LogP contribution in [0.25, 0.3) is 11.0 Å². The molecule has 6 N–H and O–H groups in total. The molecular weight excluding hydrogens is 1140 g/mol. The topological polar surface area (TPSA) is 201 Å². The highest BCUT2D eigenvalue weighted by atomic mass is 127. The Morgan fingerprint density at radius 3 is 1.38 bits per heavy atom. The van der Waals surface area contributed by atoms with E-state index in [1.807, 2.05) is 34.7 Å². The number of phenols is 2. The smallest absolute Gasteiger partial charge is 0.339 e. The number of phenolic OH excluding ortho intramolecular Hbond substituents is 1. The van der Waals surface area contributed by atoms with Crippen molar-refractivity contribution in [3.05, 3.63) is 108 Å². The number of hydrogen-bond donors (Lipinski definition) is 6. The lowest BCUT2D eigenvalue weighted by molar-refractivity contribution is 0.0102. The normalized spacial score (nSPS) is 23.1. The van der Waals surface area contributed by atoms with E-state index in [4.69, 9.17) is 20.1 Å². The molecule has 3 aliphatic carbocycles. The molecular formula is C67H93IN2O11. The van der Waals surface area contributed by atoms with E-state index < -0.39 is 11.9 Å². The van der Waals surface area contributed by atoms with Gasteiger partial charge in [0.25, 0.3) is 11.5 Å². The number of nitrogens with one attached hydrogen (secondary N) is 2. The van der Waals surface area contributed by atoms with Gasteiger partial charge in [-0.15, -0.1) is 0 Å². The maximum atomic E-state index is 12.5. The van der Waals surface area contributed by atoms with Crippen LogP contribution in [0.2, 0.25) is 0 Å². The van der Waals surface area contributed by atoms with E-state index in [1.54, 1.807) is 5.48 Å². The summed E-state index contributed by atoms with van der Waals surface area (Å²) in [5.74, 6) is 1.44. The second-order valence-corrected chi connectivity index (χ2v) is 25.3. The Hall–Kier alpha value is -5.22. The fraction of sp³-hybridized carbons (Fsp3) is 0.597. The van der Waals surface area contributed by atoms with Crippen LogP contribution in [0.1, 0.15) is 253 Å². The van der Waals surface area contributed by atoms with Crippen LogP contribution in [0, 0.1) is 17.8 Å². The Labute approximate surface area is 496 Å². The number of allylic oxidation sites excluding steroid dienone is 6. The second kappa shape index (κ2) is 26.6. The third kappa shape index (κ3) is 13.3. The largest absolute Gasteiger partial charge is 0.507 e. The Morgan fingerprint density at radius 2 is 0.988 bits per heavy atom. The zero-order valence-electron chi connectivity index (χ0n) is 51.4. The predicted molar refractivity (Wildman–Crippen MR) is 331 cm³/mol. The number of ether oxygens (including phenoxy) is 3. The monoisotopic (exact) mass is 1230 g/mol. The highest BCUT2D eigenvalue weighted by Crippen LogP contribution is 2.57. The number of aromatic carboxylic acids is 1. The number of rotatable bonds is 14. The van der Waals surface area contributed by atoms with Gasteiger partial charge in [-0.25, -0.2) is 10.3 Å². The number of halogens is 1. The van der Waals surface area contributed by atoms with Gasteiger partial charge in [0.05, 0.1) is 10.9 Å². The van der Waals surface area contributed by atoms with Crippen LogP contribution >= 0.6 is 22.6 Å². The minimum Gasteiger partial charge on any atom is -0.507 e. The van der Waals surface area contributed by atoms with Gasteiger partial charge in [0.2, 0.25) is 0 Å². The number of aromatic nitrogens is 1. The average Bonchev–Trinajstić information content (AvgIpc) is 2.44. The summed E-state index contributed by atoms with van der Waals surface area (Å²) in [5.41, 5.74) is 10.4. The molecule has 1 amide bonds. The molecule has 0 bridgehead atoms. The van der Waals surface area contributed by atoms with E-state index >= 15 is 0 Å². The average molecular weight is 1230 g/mol. The van der Waals surface area contributed by atoms with Crippen molar-refractivity contribution >= 4 is 45.4 Å². The molecule has 0 radical (unpaired) electrons. The lowest BCUT2D eigenvalue weighted by atomic mass is 9.67. The van der Waals surface area contributed by atoms with Crippen molar-refractivity contribution in [3.8, 4) is 28.7 Å². The molecule has 444 valence electrons. The molecule has 0 spiro atoms. The van der Waals surface area contributed by atoms with Crippen LogP contribution in [0.5, 0.6) is 28.7 Å². The number of benzene rings is 3. The van der Waals surface area contributed by atoms with E-state index in [-0.39, 0.29) is 74.6 Å². The Balaban J connectivity index is 0.000000173. The van der Waals surface area contributed by atoms with Gasteiger partial charge in [-0.3, -0.25) is 14.8 Å². The molecule has 1 aromatic heterocycles. The van der Waals surface area contributed by atoms with Crippen molar-refractivity contribution in [1.29, 1.82) is 0 Å². The van der Waals surface area contributed by atoms with E-state index in [9.17, 15) is 34.9 Å². The Bertz CT molecular complexity index is 3110. The van der Waals surface area contributed by atoms with Gasteiger partial charge < -0.3 is 34.1 Å². The molecule has 10 rings (SSSR count). The molecule has 4 heterocycles. The van der Waals surface area contributed by atoms with E-state index in [0.717, 1.165) is 131 Å². The minimum absolute atomic E-state index is 0.00490. The number of fused-ring (bicyclic) bond motifs is 11. The summed E-state index contributed by atoms with van der Waals surface area (Å²) in [7, 11) is 0. The quantitative estimate of drug-likeness (QED) is 0.0175. The maximum Gasteiger partial charge on any atom is 0.339 e. The van der Waals surface area contributed by atoms with Gasteiger partial charge in [0, 0.05) is 53.6 Å². The molecule has 3 aliphatic heterocycles. The molecule has 13 nitrogen and oxygen atoms in total. The van der Waals surface area contributed by atoms with Crippen LogP contribution in [0.15, 0.2) is 62.5 Å². The van der Waals surface area contributed by atoms with Crippen molar-refractivity contribution in [2.24, 2.45) is 17.8 Å². The minimum atomic E-state index is -1.06. The Morgan fingerprint density at radius 1 is 0.630 bits per heavy atom. The molecule has 81 heavy (non-hydrogen) atoms. The second-order valence-electron chi connectivity index (χ2n) is 25.3. The Kier molecular flexibility index (Phi) is 20.3. The maximum absolute atomic E-state index is 12.5. The number of unbranched alkanes of at least 4 members (excludes halogenated alkanes) is 6. The van der Waals surface area contributed by atoms with Gasteiger partial charge in [0.1, 0.15) is 51.1 Å². The van der Waals surface area contributed by atoms with Gasteiger partial charge in [0.15, 0.2) is 5.58 Å². The van der Waals surface area contributed by atoms with E-state index in [2.05, 4.69) is 113 Å². The van der Waals surface area contributed by atoms with Gasteiger partial charge >= 0.3 is 5.97 Å². The molecule has 0 unspecified atom stereocenters. The van der Waals surface area contributed by atoms with Gasteiger partial charge in [-0.2, -0.15) is 5.16 Å². The first-order valence-corrected chi connectivity index (χ1v) is 31.5. The molecule has 4 aromatic rings. The summed E-state index contributed by atoms with van der Waals surface area (Å²) in [6.07, 6.45) is 24.6. The first kappa shape index (κ1) is 61.8. The summed E-state index contributed by atoms with van der Waals surface area (Å²) >= 11 is 1.96. The molecule has 6 aliphatic rings. The summed E-state index contributed by atoms with van der Waals surface area (Å²) in [4.78, 5) is 37.2. The summed E-state index contributed by atoms with van der Waals surface area (Å²) in [6, 6.07) is 5.86. The van der Waals surface area contributed by atoms with Crippen molar-refractivity contribution in [2.45, 2.75) is 233 Å². The number of carbonyl (C=O) groups is 2. The number of carboxylic acid groups (broad SMARTS) is 1. The van der Waals surface area contributed by atoms with Crippen LogP contribution < -0.4 is 25.2 Å². The SMILES string of the molecule is CCCCCc1cc2c(c(O)c1C(=O)NO)[C@@H]1C=C(C)CC[C@H]1C(C)(C)O2.CCCCCc1cc2c(c(O)c1C(=O)O)[C@@H]1C=C(C)CC[C@H]1C(C)(C)O2.CCCCCc1cc2c(c3o[nH]c(=O)c13)[C@@H]1C=C(C)CC[C@H]1C(C)(C)O2.[2H]CI. The molecule has 0 fully saturated rings. The first-order valence-electron chi connectivity index (χ1n) is 30.7. The highest BCUT2D eigenvalue weighted by Gasteiger charge is 2.49. The molecule has 3 aromatic carbocycles. The van der Waals surface area contributed by atoms with Gasteiger partial charge in [-0.1, -0.05) is 117 Å². The van der Waals surface area contributed by atoms with E-state index in [1.165, 1.54) is 16.7 Å². The number of hydroxylamine groups is 1. The van der Waals surface area contributed by atoms with Crippen LogP contribution in [-0.4, -0.2) is 59.3 Å². The van der Waals surface area contributed by atoms with E-state index in [0.29, 0.717) is 57.4 Å². The lowest BCUT2D eigenvalue weighted by Crippen LogP contribution is -2.45. The number of aryl methyl sites for hydroxylation is 3. The number of carbonyl (C=O) groups excluding carboxylic acids is 1. The van der Waals surface area contributed by atoms with Crippen molar-refractivity contribution in [2.75, 3.05) is 4.91 Å². The van der Waals surface area contributed by atoms with Gasteiger partial charge in [-0.05, 0) is 179 Å². The molecule has 0 saturated heterocycles. The van der Waals surface area contributed by atoms with Crippen molar-refractivity contribution in [1.82, 2.24) is 10.6 Å². The molecule has 0 saturated carbocycles. The highest BCUT2D eigenvalue weighted by molar-refractivity contribution is 14.1. The first-order chi connectivity index (χ1) is 38.9. The number of carboxylic acids is 1. The molecule has 14 heteroatoms. The summed E-state index contributed by atoms with van der Waals surface area (Å²) < 4.78 is 31.0. The number of H-pyrrole nitrogens is 1. The number of hydrogen-bond acceptors (Lipinski definition) is 10. The van der Waals surface area contributed by atoms with Crippen LogP contribution in [0.4, 0.5) is 0 Å². The van der Waals surface area contributed by atoms with Crippen LogP contribution in [0.3, 0.4) is 0 Å². The number of aromatic hydroxyl groups is 2. The van der Waals surface area contributed by atoms with Crippen LogP contribution in [-0.2, 0) is 19.3 Å². The third-order valence-corrected chi connectivity index (χ3v) is 18.3. The zero-order valence-corrected chi connectivity index (χ0v) is 52.5. The number of alkyl halides is 1. The summed E-state index contributed by atoms with van der Waals surface area (Å²) in [5, 5.41) is 44.3. The third-order valence-electron chi connectivity index (χ3n) is 18.3. The summed E-state index contributed by atoms with van der Waals surface area (Å²) in [6.45, 7) is 25.6. The number of aromatic amines is 1. The predicted octanol–water partition coefficient (Wildman–Crippen LogP) is 16.8. The fourth-order valence-electron chi connectivity index (χ4n) is 14.2. The zero-order chi connectivity index (χ0) is 60.0. The van der Waals surface area contributed by atoms with Crippen molar-refractivity contribution < 1.29 is 50.2 Å². The fourth-order valence-corrected chi connectivity index (χ4v) is 14.2. The lowest BCUT2D eigenvalue weighted by Gasteiger charge is -2.46. The standard InChI is InChI=1S/C22H31NO4.C22H29NO3.C22H30O4.CH3I/c1-5-6-7-8-14-12-17-19(20(24)18(14)21(25)23-26)15-11-13(2)9-10-16(15)22(3,4)27-17;1-5-6-7-8-14-12-17-19(20-18(14)21(24)23-26-20)15-11-13(2)9-10-16(15)22(3,4)25-17;1-5-6-7-8-14-12-17-19(20(23)18(14)21(24)25)15-11-13(2)9-10-16(15)22(3,4)26-17;1-2/h11-12,15-16,24,26H,5-10H2,1-4H3,(H,23,25);11-12,15-16H,5-10H2,1-4H3,(H,23,24);11-12,15-16,23H,5-10H2,1-4H3,(H,24,25);1H3/t3*15-,16-;/m111./s1/i;;;1D. The number of amides is 1. The molecule has 6 atom stereocenters.